The Morgan fingerprint density at radius 3 is 1.68 bits per heavy atom. The molecule has 0 unspecified atom stereocenters. The van der Waals surface area contributed by atoms with Gasteiger partial charge in [0.25, 0.3) is 20.0 Å². The Bertz CT molecular complexity index is 2610. The summed E-state index contributed by atoms with van der Waals surface area (Å²) in [6.45, 7) is 5.88. The van der Waals surface area contributed by atoms with Crippen molar-refractivity contribution in [3.8, 4) is 11.5 Å². The number of ether oxygens (including phenoxy) is 2. The molecule has 0 aliphatic heterocycles. The first kappa shape index (κ1) is 40.0. The van der Waals surface area contributed by atoms with Crippen molar-refractivity contribution in [2.75, 3.05) is 27.5 Å². The largest absolute Gasteiger partial charge is 0.462 e. The van der Waals surface area contributed by atoms with E-state index in [9.17, 15) is 31.2 Å². The first-order valence-corrected chi connectivity index (χ1v) is 21.1. The Morgan fingerprint density at radius 1 is 0.679 bits per heavy atom. The van der Waals surface area contributed by atoms with E-state index < -0.39 is 54.3 Å². The van der Waals surface area contributed by atoms with Gasteiger partial charge in [0.15, 0.2) is 17.3 Å². The van der Waals surface area contributed by atoms with Crippen molar-refractivity contribution in [3.05, 3.63) is 128 Å². The molecule has 0 atom stereocenters. The fourth-order valence-corrected chi connectivity index (χ4v) is 8.56. The van der Waals surface area contributed by atoms with E-state index in [0.717, 1.165) is 36.5 Å². The Morgan fingerprint density at radius 2 is 1.16 bits per heavy atom. The zero-order chi connectivity index (χ0) is 40.5. The van der Waals surface area contributed by atoms with Crippen LogP contribution in [0, 0.1) is 13.8 Å². The predicted molar refractivity (Wildman–Crippen MR) is 217 cm³/mol. The van der Waals surface area contributed by atoms with Crippen LogP contribution >= 0.6 is 15.9 Å². The van der Waals surface area contributed by atoms with Crippen molar-refractivity contribution in [2.45, 2.75) is 49.8 Å². The number of carbonyl (C=O) groups excluding carboxylic acids is 3. The molecule has 0 heterocycles. The van der Waals surface area contributed by atoms with Crippen LogP contribution in [0.4, 0.5) is 22.7 Å². The van der Waals surface area contributed by atoms with E-state index in [-0.39, 0.29) is 66.2 Å². The zero-order valence-corrected chi connectivity index (χ0v) is 33.7. The van der Waals surface area contributed by atoms with Crippen LogP contribution in [0.3, 0.4) is 0 Å². The molecule has 0 spiro atoms. The van der Waals surface area contributed by atoms with E-state index >= 15 is 0 Å². The maximum Gasteiger partial charge on any atom is 0.338 e. The number of anilines is 4. The third-order valence-corrected chi connectivity index (χ3v) is 12.4. The number of sulfonamides is 2. The van der Waals surface area contributed by atoms with E-state index in [0.29, 0.717) is 0 Å². The molecule has 0 aromatic heterocycles. The molecule has 56 heavy (non-hydrogen) atoms. The highest BCUT2D eigenvalue weighted by atomic mass is 79.9. The van der Waals surface area contributed by atoms with Gasteiger partial charge >= 0.3 is 5.97 Å². The van der Waals surface area contributed by atoms with E-state index in [1.54, 1.807) is 38.1 Å². The Hall–Kier alpha value is -5.71. The van der Waals surface area contributed by atoms with E-state index in [1.807, 2.05) is 6.92 Å². The number of esters is 1. The van der Waals surface area contributed by atoms with Crippen molar-refractivity contribution in [3.63, 3.8) is 0 Å². The summed E-state index contributed by atoms with van der Waals surface area (Å²) in [5.41, 5.74) is 12.0. The van der Waals surface area contributed by atoms with Crippen LogP contribution in [0.2, 0.25) is 0 Å². The molecular weight excluding hydrogens is 824 g/mol. The Labute approximate surface area is 332 Å². The molecule has 0 bridgehead atoms. The van der Waals surface area contributed by atoms with Gasteiger partial charge in [-0.3, -0.25) is 19.0 Å². The van der Waals surface area contributed by atoms with Crippen LogP contribution in [0.1, 0.15) is 79.5 Å². The average Bonchev–Trinajstić information content (AvgIpc) is 3.15. The summed E-state index contributed by atoms with van der Waals surface area (Å²) in [5, 5.41) is 0. The molecule has 0 saturated heterocycles. The number of aryl methyl sites for hydroxylation is 2. The topological polar surface area (TPSA) is 214 Å². The first-order chi connectivity index (χ1) is 26.5. The smallest absolute Gasteiger partial charge is 0.338 e. The maximum absolute atomic E-state index is 14.7. The van der Waals surface area contributed by atoms with Gasteiger partial charge in [-0.25, -0.2) is 21.6 Å². The first-order valence-electron chi connectivity index (χ1n) is 17.3. The molecule has 6 N–H and O–H groups in total. The fraction of sp³-hybridized carbons (Fsp3) is 0.175. The third kappa shape index (κ3) is 7.99. The van der Waals surface area contributed by atoms with Crippen LogP contribution in [0.5, 0.6) is 11.5 Å². The zero-order valence-electron chi connectivity index (χ0n) is 30.4. The molecule has 16 heteroatoms. The number of carbonyl (C=O) groups is 3. The fourth-order valence-electron chi connectivity index (χ4n) is 6.01. The summed E-state index contributed by atoms with van der Waals surface area (Å²) >= 11 is 3.28. The van der Waals surface area contributed by atoms with E-state index in [2.05, 4.69) is 25.4 Å². The normalized spacial score (nSPS) is 12.4. The second-order valence-electron chi connectivity index (χ2n) is 13.1. The molecule has 1 aliphatic carbocycles. The third-order valence-electron chi connectivity index (χ3n) is 9.00. The summed E-state index contributed by atoms with van der Waals surface area (Å²) in [6, 6.07) is 20.1. The van der Waals surface area contributed by atoms with Crippen LogP contribution in [0.25, 0.3) is 0 Å². The molecule has 1 aliphatic rings. The molecule has 6 rings (SSSR count). The number of unbranched alkanes of at least 4 members (excludes halogenated alkanes) is 2. The van der Waals surface area contributed by atoms with Crippen molar-refractivity contribution in [1.82, 2.24) is 0 Å². The summed E-state index contributed by atoms with van der Waals surface area (Å²) in [4.78, 5) is 41.5. The SMILES string of the molecule is CCCCCOC(=O)c1ccc(Oc2cc(NS(=O)(=O)c3ccc(C)cc3)c3c(c2N)C(=O)c2c(N)c(Br)cc(NS(=O)(=O)c4ccc(C)cc4)c2C3=O)cc1. The van der Waals surface area contributed by atoms with Gasteiger partial charge in [0.05, 0.1) is 67.0 Å². The van der Waals surface area contributed by atoms with Gasteiger partial charge in [0.1, 0.15) is 5.75 Å². The second kappa shape index (κ2) is 15.8. The quantitative estimate of drug-likeness (QED) is 0.0501. The monoisotopic (exact) mass is 860 g/mol. The molecule has 0 amide bonds. The van der Waals surface area contributed by atoms with Crippen LogP contribution < -0.4 is 25.6 Å². The van der Waals surface area contributed by atoms with Gasteiger partial charge in [-0.1, -0.05) is 55.2 Å². The van der Waals surface area contributed by atoms with Crippen LogP contribution in [-0.4, -0.2) is 41.0 Å². The maximum atomic E-state index is 14.7. The lowest BCUT2D eigenvalue weighted by Gasteiger charge is -2.27. The lowest BCUT2D eigenvalue weighted by molar-refractivity contribution is 0.0498. The minimum Gasteiger partial charge on any atom is -0.462 e. The number of nitrogens with two attached hydrogens (primary N) is 2. The average molecular weight is 862 g/mol. The summed E-state index contributed by atoms with van der Waals surface area (Å²) < 4.78 is 71.0. The van der Waals surface area contributed by atoms with E-state index in [4.69, 9.17) is 20.9 Å². The number of rotatable bonds is 13. The van der Waals surface area contributed by atoms with Crippen molar-refractivity contribution >= 4 is 76.3 Å². The molecule has 0 fully saturated rings. The minimum absolute atomic E-state index is 0.0951. The van der Waals surface area contributed by atoms with Crippen molar-refractivity contribution in [1.29, 1.82) is 0 Å². The highest BCUT2D eigenvalue weighted by molar-refractivity contribution is 9.10. The van der Waals surface area contributed by atoms with Crippen LogP contribution in [-0.2, 0) is 24.8 Å². The second-order valence-corrected chi connectivity index (χ2v) is 17.3. The van der Waals surface area contributed by atoms with Gasteiger partial charge in [0.2, 0.25) is 0 Å². The van der Waals surface area contributed by atoms with Gasteiger partial charge in [-0.15, -0.1) is 0 Å². The number of halogens is 1. The summed E-state index contributed by atoms with van der Waals surface area (Å²) in [7, 11) is -8.73. The lowest BCUT2D eigenvalue weighted by Crippen LogP contribution is -2.28. The highest BCUT2D eigenvalue weighted by Crippen LogP contribution is 2.47. The standard InChI is InChI=1S/C40H37BrN4O9S2/c1-4-5-6-19-53-40(48)24-11-13-25(14-12-24)54-31-21-30(45-56(51,52)27-17-9-23(3)10-18-27)33-35(37(31)43)39(47)34-32(38(33)46)29(20-28(41)36(34)42)44-55(49,50)26-15-7-22(2)8-16-26/h7-18,20-21,44-45H,4-6,19,42-43H2,1-3H3. The van der Waals surface area contributed by atoms with Gasteiger partial charge in [0, 0.05) is 10.5 Å². The van der Waals surface area contributed by atoms with Crippen LogP contribution in [0.15, 0.2) is 99.2 Å². The van der Waals surface area contributed by atoms with Crippen molar-refractivity contribution < 1.29 is 40.7 Å². The number of hydrogen-bond acceptors (Lipinski definition) is 11. The number of hydrogen-bond donors (Lipinski definition) is 4. The number of nitrogen functional groups attached to an aromatic ring is 2. The van der Waals surface area contributed by atoms with Gasteiger partial charge in [-0.2, -0.15) is 0 Å². The molecule has 5 aromatic rings. The number of fused-ring (bicyclic) bond motifs is 2. The van der Waals surface area contributed by atoms with Gasteiger partial charge < -0.3 is 20.9 Å². The predicted octanol–water partition coefficient (Wildman–Crippen LogP) is 7.75. The molecule has 0 saturated carbocycles. The Kier molecular flexibility index (Phi) is 11.3. The Balaban J connectivity index is 1.47. The number of ketones is 2. The molecular formula is C40H37BrN4O9S2. The number of nitrogens with one attached hydrogen (secondary N) is 2. The minimum atomic E-state index is -4.41. The number of benzene rings is 5. The van der Waals surface area contributed by atoms with Gasteiger partial charge in [-0.05, 0) is 90.8 Å². The summed E-state index contributed by atoms with van der Waals surface area (Å²) in [6.07, 6.45) is 2.62. The lowest BCUT2D eigenvalue weighted by atomic mass is 9.80. The molecule has 13 nitrogen and oxygen atoms in total. The molecule has 290 valence electrons. The molecule has 0 radical (unpaired) electrons. The van der Waals surface area contributed by atoms with Crippen molar-refractivity contribution in [2.24, 2.45) is 0 Å². The van der Waals surface area contributed by atoms with E-state index in [1.165, 1.54) is 54.6 Å². The highest BCUT2D eigenvalue weighted by Gasteiger charge is 2.40. The summed E-state index contributed by atoms with van der Waals surface area (Å²) in [5.74, 6) is -2.43. The molecule has 5 aromatic carbocycles.